The molecule has 0 fully saturated rings. The van der Waals surface area contributed by atoms with Gasteiger partial charge in [-0.2, -0.15) is 8.42 Å². The van der Waals surface area contributed by atoms with Gasteiger partial charge in [0.1, 0.15) is 6.10 Å². The molecule has 0 heterocycles. The van der Waals surface area contributed by atoms with Crippen molar-refractivity contribution in [2.75, 3.05) is 6.61 Å². The van der Waals surface area contributed by atoms with E-state index in [-0.39, 0.29) is 18.3 Å². The molecule has 6 nitrogen and oxygen atoms in total. The predicted octanol–water partition coefficient (Wildman–Crippen LogP) is 3.06. The minimum Gasteiger partial charge on any atom is -0.380 e. The van der Waals surface area contributed by atoms with E-state index >= 15 is 0 Å². The third-order valence-electron chi connectivity index (χ3n) is 2.97. The second-order valence-corrected chi connectivity index (χ2v) is 6.74. The SMILES string of the molecule is CC(C)COS(=O)(=O)O.O=C(c1ccccc1)C(O)c1ccccc1. The number of benzene rings is 2. The Morgan fingerprint density at radius 1 is 1.00 bits per heavy atom. The highest BCUT2D eigenvalue weighted by Gasteiger charge is 2.18. The van der Waals surface area contributed by atoms with Crippen LogP contribution in [0.25, 0.3) is 0 Å². The van der Waals surface area contributed by atoms with Crippen LogP contribution in [0.1, 0.15) is 35.9 Å². The van der Waals surface area contributed by atoms with Crippen LogP contribution in [-0.4, -0.2) is 30.5 Å². The molecular formula is C18H22O6S. The highest BCUT2D eigenvalue weighted by Crippen LogP contribution is 2.17. The highest BCUT2D eigenvalue weighted by atomic mass is 32.3. The molecule has 2 aromatic carbocycles. The highest BCUT2D eigenvalue weighted by molar-refractivity contribution is 7.80. The van der Waals surface area contributed by atoms with Crippen LogP contribution in [0.5, 0.6) is 0 Å². The molecule has 1 unspecified atom stereocenters. The summed E-state index contributed by atoms with van der Waals surface area (Å²) in [7, 11) is -4.22. The molecule has 0 spiro atoms. The lowest BCUT2D eigenvalue weighted by molar-refractivity contribution is 0.0747. The van der Waals surface area contributed by atoms with Crippen LogP contribution in [0.2, 0.25) is 0 Å². The summed E-state index contributed by atoms with van der Waals surface area (Å²) in [4.78, 5) is 11.9. The lowest BCUT2D eigenvalue weighted by atomic mass is 10.0. The Hall–Kier alpha value is -2.06. The van der Waals surface area contributed by atoms with Gasteiger partial charge < -0.3 is 5.11 Å². The molecule has 2 aromatic rings. The van der Waals surface area contributed by atoms with Gasteiger partial charge in [-0.15, -0.1) is 0 Å². The summed E-state index contributed by atoms with van der Waals surface area (Å²) >= 11 is 0. The number of rotatable bonds is 6. The number of hydrogen-bond donors (Lipinski definition) is 2. The Morgan fingerprint density at radius 3 is 1.88 bits per heavy atom. The molecule has 7 heteroatoms. The van der Waals surface area contributed by atoms with Gasteiger partial charge in [-0.3, -0.25) is 9.35 Å². The summed E-state index contributed by atoms with van der Waals surface area (Å²) in [5, 5.41) is 9.89. The Morgan fingerprint density at radius 2 is 1.48 bits per heavy atom. The van der Waals surface area contributed by atoms with Gasteiger partial charge in [0.25, 0.3) is 0 Å². The second-order valence-electron chi connectivity index (χ2n) is 5.65. The summed E-state index contributed by atoms with van der Waals surface area (Å²) in [6.45, 7) is 3.59. The first-order valence-corrected chi connectivity index (χ1v) is 9.01. The van der Waals surface area contributed by atoms with Crippen LogP contribution in [0.3, 0.4) is 0 Å². The van der Waals surface area contributed by atoms with Crippen molar-refractivity contribution < 1.29 is 27.1 Å². The summed E-state index contributed by atoms with van der Waals surface area (Å²) < 4.78 is 31.8. The summed E-state index contributed by atoms with van der Waals surface area (Å²) in [5.41, 5.74) is 1.15. The zero-order valence-electron chi connectivity index (χ0n) is 14.1. The fourth-order valence-corrected chi connectivity index (χ4v) is 2.21. The Bertz CT molecular complexity index is 742. The number of aliphatic hydroxyl groups excluding tert-OH is 1. The van der Waals surface area contributed by atoms with Crippen molar-refractivity contribution in [1.29, 1.82) is 0 Å². The molecule has 2 N–H and O–H groups in total. The van der Waals surface area contributed by atoms with Crippen molar-refractivity contribution in [3.8, 4) is 0 Å². The van der Waals surface area contributed by atoms with Gasteiger partial charge in [-0.1, -0.05) is 74.5 Å². The minimum absolute atomic E-state index is 0.0266. The number of Topliss-reactive ketones (excluding diaryl/α,β-unsaturated/α-hetero) is 1. The van der Waals surface area contributed by atoms with E-state index in [9.17, 15) is 18.3 Å². The van der Waals surface area contributed by atoms with E-state index in [1.807, 2.05) is 12.1 Å². The first-order chi connectivity index (χ1) is 11.7. The lowest BCUT2D eigenvalue weighted by Crippen LogP contribution is -2.11. The van der Waals surface area contributed by atoms with Gasteiger partial charge in [0.05, 0.1) is 6.61 Å². The molecule has 1 atom stereocenters. The van der Waals surface area contributed by atoms with Crippen molar-refractivity contribution in [1.82, 2.24) is 0 Å². The van der Waals surface area contributed by atoms with E-state index in [0.717, 1.165) is 0 Å². The topological polar surface area (TPSA) is 101 Å². The third kappa shape index (κ3) is 8.55. The van der Waals surface area contributed by atoms with E-state index in [1.165, 1.54) is 0 Å². The lowest BCUT2D eigenvalue weighted by Gasteiger charge is -2.09. The van der Waals surface area contributed by atoms with E-state index in [4.69, 9.17) is 4.55 Å². The van der Waals surface area contributed by atoms with Crippen LogP contribution in [-0.2, 0) is 14.6 Å². The zero-order chi connectivity index (χ0) is 18.9. The third-order valence-corrected chi connectivity index (χ3v) is 3.41. The molecule has 0 aliphatic heterocycles. The van der Waals surface area contributed by atoms with Crippen molar-refractivity contribution in [2.45, 2.75) is 20.0 Å². The summed E-state index contributed by atoms with van der Waals surface area (Å²) in [5.74, 6) is -0.168. The molecule has 0 radical (unpaired) electrons. The van der Waals surface area contributed by atoms with Crippen LogP contribution in [0.15, 0.2) is 60.7 Å². The standard InChI is InChI=1S/C14H12O2.C4H10O4S/c15-13(11-7-3-1-4-8-11)14(16)12-9-5-2-6-10-12;1-4(2)3-8-9(5,6)7/h1-10,13,15H;4H,3H2,1-2H3,(H,5,6,7). The van der Waals surface area contributed by atoms with Crippen molar-refractivity contribution in [3.05, 3.63) is 71.8 Å². The fraction of sp³-hybridized carbons (Fsp3) is 0.278. The first-order valence-electron chi connectivity index (χ1n) is 7.65. The number of hydrogen-bond acceptors (Lipinski definition) is 5. The molecule has 25 heavy (non-hydrogen) atoms. The molecule has 0 saturated carbocycles. The van der Waals surface area contributed by atoms with Crippen LogP contribution in [0, 0.1) is 5.92 Å². The fourth-order valence-electron chi connectivity index (χ4n) is 1.77. The van der Waals surface area contributed by atoms with Gasteiger partial charge in [-0.05, 0) is 11.5 Å². The molecule has 0 amide bonds. The van der Waals surface area contributed by atoms with E-state index in [2.05, 4.69) is 4.18 Å². The number of ketones is 1. The van der Waals surface area contributed by atoms with Crippen LogP contribution in [0.4, 0.5) is 0 Å². The second kappa shape index (κ2) is 10.0. The van der Waals surface area contributed by atoms with Gasteiger partial charge in [-0.25, -0.2) is 4.18 Å². The van der Waals surface area contributed by atoms with Gasteiger partial charge in [0, 0.05) is 5.56 Å². The predicted molar refractivity (Wildman–Crippen MR) is 94.5 cm³/mol. The molecule has 0 aliphatic carbocycles. The average molecular weight is 366 g/mol. The Labute approximate surface area is 148 Å². The van der Waals surface area contributed by atoms with Crippen molar-refractivity contribution in [2.24, 2.45) is 5.92 Å². The van der Waals surface area contributed by atoms with E-state index < -0.39 is 16.5 Å². The quantitative estimate of drug-likeness (QED) is 0.602. The maximum absolute atomic E-state index is 11.9. The van der Waals surface area contributed by atoms with E-state index in [0.29, 0.717) is 11.1 Å². The number of carbonyl (C=O) groups excluding carboxylic acids is 1. The molecule has 0 aliphatic rings. The largest absolute Gasteiger partial charge is 0.397 e. The first kappa shape index (κ1) is 21.0. The smallest absolute Gasteiger partial charge is 0.380 e. The molecule has 0 bridgehead atoms. The van der Waals surface area contributed by atoms with Gasteiger partial charge in [0.2, 0.25) is 0 Å². The summed E-state index contributed by atoms with van der Waals surface area (Å²) in [6, 6.07) is 17.7. The van der Waals surface area contributed by atoms with Gasteiger partial charge in [0.15, 0.2) is 5.78 Å². The normalized spacial score (nSPS) is 12.2. The van der Waals surface area contributed by atoms with Crippen molar-refractivity contribution in [3.63, 3.8) is 0 Å². The molecule has 0 aromatic heterocycles. The number of aliphatic hydroxyl groups is 1. The van der Waals surface area contributed by atoms with Gasteiger partial charge >= 0.3 is 10.4 Å². The minimum atomic E-state index is -4.22. The van der Waals surface area contributed by atoms with Crippen molar-refractivity contribution >= 4 is 16.2 Å². The maximum atomic E-state index is 11.9. The van der Waals surface area contributed by atoms with Crippen LogP contribution >= 0.6 is 0 Å². The van der Waals surface area contributed by atoms with E-state index in [1.54, 1.807) is 62.4 Å². The summed E-state index contributed by atoms with van der Waals surface area (Å²) in [6.07, 6.45) is -1.08. The molecule has 136 valence electrons. The molecule has 0 saturated heterocycles. The molecule has 2 rings (SSSR count). The van der Waals surface area contributed by atoms with Crippen LogP contribution < -0.4 is 0 Å². The number of carbonyl (C=O) groups is 1. The molecular weight excluding hydrogens is 344 g/mol. The monoisotopic (exact) mass is 366 g/mol. The maximum Gasteiger partial charge on any atom is 0.397 e. The zero-order valence-corrected chi connectivity index (χ0v) is 14.9. The Kier molecular flexibility index (Phi) is 8.44. The average Bonchev–Trinajstić information content (AvgIpc) is 2.60. The Balaban J connectivity index is 0.000000299.